The van der Waals surface area contributed by atoms with Gasteiger partial charge in [0.15, 0.2) is 0 Å². The van der Waals surface area contributed by atoms with Crippen LogP contribution in [-0.2, 0) is 15.7 Å². The first kappa shape index (κ1) is 22.5. The molecule has 0 spiro atoms. The van der Waals surface area contributed by atoms with E-state index in [-0.39, 0.29) is 35.1 Å². The van der Waals surface area contributed by atoms with E-state index in [9.17, 15) is 23.5 Å². The molecule has 3 aromatic rings. The van der Waals surface area contributed by atoms with Crippen molar-refractivity contribution in [1.82, 2.24) is 14.3 Å². The maximum atomic E-state index is 14.7. The van der Waals surface area contributed by atoms with Crippen molar-refractivity contribution >= 4 is 13.4 Å². The van der Waals surface area contributed by atoms with E-state index in [1.165, 1.54) is 42.5 Å². The van der Waals surface area contributed by atoms with Gasteiger partial charge in [-0.3, -0.25) is 19.7 Å². The number of nitro benzene ring substituents is 1. The highest BCUT2D eigenvalue weighted by atomic mass is 31.2. The number of hydrogen-bond acceptors (Lipinski definition) is 6. The topological polar surface area (TPSA) is 97.6 Å². The van der Waals surface area contributed by atoms with Crippen LogP contribution in [0.2, 0.25) is 0 Å². The highest BCUT2D eigenvalue weighted by Crippen LogP contribution is 2.61. The van der Waals surface area contributed by atoms with Gasteiger partial charge in [-0.25, -0.2) is 18.1 Å². The van der Waals surface area contributed by atoms with Crippen LogP contribution in [0, 0.1) is 21.7 Å². The molecule has 5 rings (SSSR count). The molecule has 0 N–H and O–H groups in total. The van der Waals surface area contributed by atoms with Gasteiger partial charge in [0, 0.05) is 43.9 Å². The Morgan fingerprint density at radius 3 is 2.35 bits per heavy atom. The molecule has 0 bridgehead atoms. The molecule has 0 atom stereocenters. The third-order valence-electron chi connectivity index (χ3n) is 5.35. The van der Waals surface area contributed by atoms with Gasteiger partial charge in [0.05, 0.1) is 23.4 Å². The molecule has 2 saturated heterocycles. The lowest BCUT2D eigenvalue weighted by atomic mass is 10.1. The van der Waals surface area contributed by atoms with Crippen LogP contribution in [0.15, 0.2) is 54.7 Å². The van der Waals surface area contributed by atoms with Gasteiger partial charge < -0.3 is 9.26 Å². The Labute approximate surface area is 193 Å². The summed E-state index contributed by atoms with van der Waals surface area (Å²) in [6.07, 6.45) is 0.982. The van der Waals surface area contributed by atoms with Crippen LogP contribution >= 0.6 is 7.67 Å². The number of nitro groups is 1. The van der Waals surface area contributed by atoms with Gasteiger partial charge in [-0.15, -0.1) is 0 Å². The minimum Gasteiger partial charge on any atom is -0.450 e. The van der Waals surface area contributed by atoms with E-state index in [2.05, 4.69) is 4.98 Å². The molecule has 2 fully saturated rings. The molecule has 2 aliphatic heterocycles. The monoisotopic (exact) mass is 488 g/mol. The molecule has 12 heteroatoms. The maximum absolute atomic E-state index is 14.7. The summed E-state index contributed by atoms with van der Waals surface area (Å²) in [6, 6.07) is 10.6. The third kappa shape index (κ3) is 4.69. The molecule has 2 aliphatic rings. The molecule has 1 aromatic heterocycles. The van der Waals surface area contributed by atoms with E-state index < -0.39 is 24.2 Å². The zero-order valence-corrected chi connectivity index (χ0v) is 18.7. The standard InChI is InChI=1S/C22H19F2N4O5P/c23-16-2-5-20(25-13-16)18-4-3-17(12-19(18)24)33-22-11-15(1-6-21(22)28(29)30)14-32-34(31,26-7-8-26)27-9-10-27/h1-6,11-13H,7-10,14H2. The fraction of sp³-hybridized carbons (Fsp3) is 0.227. The van der Waals surface area contributed by atoms with E-state index in [4.69, 9.17) is 9.26 Å². The number of hydrogen-bond donors (Lipinski definition) is 0. The summed E-state index contributed by atoms with van der Waals surface area (Å²) in [6.45, 7) is 2.80. The summed E-state index contributed by atoms with van der Waals surface area (Å²) < 4.78 is 55.8. The Balaban J connectivity index is 1.37. The highest BCUT2D eigenvalue weighted by Gasteiger charge is 2.49. The molecule has 2 aromatic carbocycles. The van der Waals surface area contributed by atoms with E-state index in [1.54, 1.807) is 9.34 Å². The van der Waals surface area contributed by atoms with E-state index in [0.29, 0.717) is 31.7 Å². The number of halogens is 2. The molecule has 0 amide bonds. The van der Waals surface area contributed by atoms with Crippen molar-refractivity contribution in [3.05, 3.63) is 82.0 Å². The molecule has 0 saturated carbocycles. The Bertz CT molecular complexity index is 1280. The molecular weight excluding hydrogens is 469 g/mol. The Kier molecular flexibility index (Phi) is 5.86. The van der Waals surface area contributed by atoms with Crippen LogP contribution in [0.3, 0.4) is 0 Å². The van der Waals surface area contributed by atoms with Crippen molar-refractivity contribution in [3.63, 3.8) is 0 Å². The average molecular weight is 488 g/mol. The molecule has 3 heterocycles. The van der Waals surface area contributed by atoms with Crippen molar-refractivity contribution in [2.24, 2.45) is 0 Å². The van der Waals surface area contributed by atoms with Crippen molar-refractivity contribution in [1.29, 1.82) is 0 Å². The third-order valence-corrected chi connectivity index (χ3v) is 8.05. The molecule has 0 unspecified atom stereocenters. The summed E-state index contributed by atoms with van der Waals surface area (Å²) >= 11 is 0. The van der Waals surface area contributed by atoms with Gasteiger partial charge in [-0.05, 0) is 42.0 Å². The lowest BCUT2D eigenvalue weighted by molar-refractivity contribution is -0.385. The summed E-state index contributed by atoms with van der Waals surface area (Å²) in [5.74, 6) is -1.30. The number of benzene rings is 2. The van der Waals surface area contributed by atoms with Gasteiger partial charge in [-0.1, -0.05) is 0 Å². The molecular formula is C22H19F2N4O5P. The van der Waals surface area contributed by atoms with E-state index >= 15 is 0 Å². The lowest BCUT2D eigenvalue weighted by Crippen LogP contribution is -2.08. The number of pyridine rings is 1. The van der Waals surface area contributed by atoms with E-state index in [0.717, 1.165) is 12.3 Å². The minimum atomic E-state index is -3.05. The van der Waals surface area contributed by atoms with Crippen molar-refractivity contribution in [2.75, 3.05) is 26.2 Å². The zero-order valence-electron chi connectivity index (χ0n) is 17.8. The van der Waals surface area contributed by atoms with Crippen molar-refractivity contribution < 1.29 is 27.5 Å². The smallest absolute Gasteiger partial charge is 0.346 e. The summed E-state index contributed by atoms with van der Waals surface area (Å²) in [4.78, 5) is 14.7. The molecule has 9 nitrogen and oxygen atoms in total. The molecule has 0 aliphatic carbocycles. The van der Waals surface area contributed by atoms with Crippen molar-refractivity contribution in [3.8, 4) is 22.8 Å². The van der Waals surface area contributed by atoms with Crippen LogP contribution in [0.25, 0.3) is 11.3 Å². The first-order valence-corrected chi connectivity index (χ1v) is 12.0. The number of rotatable bonds is 9. The van der Waals surface area contributed by atoms with Gasteiger partial charge in [0.1, 0.15) is 17.4 Å². The zero-order chi connectivity index (χ0) is 23.9. The fourth-order valence-corrected chi connectivity index (χ4v) is 5.60. The van der Waals surface area contributed by atoms with Crippen LogP contribution in [-0.4, -0.2) is 45.4 Å². The second-order valence-corrected chi connectivity index (χ2v) is 10.2. The predicted molar refractivity (Wildman–Crippen MR) is 118 cm³/mol. The molecule has 176 valence electrons. The maximum Gasteiger partial charge on any atom is 0.346 e. The Hall–Kier alpha value is -3.24. The Morgan fingerprint density at radius 1 is 1.03 bits per heavy atom. The largest absolute Gasteiger partial charge is 0.450 e. The summed E-state index contributed by atoms with van der Waals surface area (Å²) in [5, 5.41) is 11.5. The van der Waals surface area contributed by atoms with Crippen LogP contribution in [0.4, 0.5) is 14.5 Å². The van der Waals surface area contributed by atoms with Crippen LogP contribution in [0.5, 0.6) is 11.5 Å². The minimum absolute atomic E-state index is 0.0256. The summed E-state index contributed by atoms with van der Waals surface area (Å²) in [5.41, 5.74) is 0.577. The molecule has 34 heavy (non-hydrogen) atoms. The van der Waals surface area contributed by atoms with Crippen molar-refractivity contribution in [2.45, 2.75) is 6.61 Å². The number of nitrogens with zero attached hydrogens (tertiary/aromatic N) is 4. The fourth-order valence-electron chi connectivity index (χ4n) is 3.41. The lowest BCUT2D eigenvalue weighted by Gasteiger charge is -2.19. The van der Waals surface area contributed by atoms with Gasteiger partial charge in [-0.2, -0.15) is 0 Å². The van der Waals surface area contributed by atoms with Gasteiger partial charge >= 0.3 is 13.4 Å². The SMILES string of the molecule is O=[N+]([O-])c1ccc(COP(=O)(N2CC2)N2CC2)cc1Oc1ccc(-c2ccc(F)cn2)c(F)c1. The highest BCUT2D eigenvalue weighted by molar-refractivity contribution is 7.54. The van der Waals surface area contributed by atoms with Gasteiger partial charge in [0.2, 0.25) is 5.75 Å². The average Bonchev–Trinajstić information content (AvgIpc) is 3.71. The Morgan fingerprint density at radius 2 is 1.76 bits per heavy atom. The second kappa shape index (κ2) is 8.84. The van der Waals surface area contributed by atoms with Crippen LogP contribution < -0.4 is 4.74 Å². The quantitative estimate of drug-likeness (QED) is 0.180. The predicted octanol–water partition coefficient (Wildman–Crippen LogP) is 4.98. The molecule has 0 radical (unpaired) electrons. The normalized spacial score (nSPS) is 15.8. The first-order chi connectivity index (χ1) is 16.3. The summed E-state index contributed by atoms with van der Waals surface area (Å²) in [7, 11) is -3.05. The number of aromatic nitrogens is 1. The van der Waals surface area contributed by atoms with E-state index in [1.807, 2.05) is 0 Å². The first-order valence-electron chi connectivity index (χ1n) is 10.5. The second-order valence-electron chi connectivity index (χ2n) is 7.84. The number of ether oxygens (including phenoxy) is 1. The van der Waals surface area contributed by atoms with Gasteiger partial charge in [0.25, 0.3) is 0 Å². The van der Waals surface area contributed by atoms with Crippen LogP contribution in [0.1, 0.15) is 5.56 Å².